The topological polar surface area (TPSA) is 151 Å². The van der Waals surface area contributed by atoms with Crippen molar-refractivity contribution in [3.05, 3.63) is 65.5 Å². The Hall–Kier alpha value is -4.42. The number of aliphatic carboxylic acids is 1. The van der Waals surface area contributed by atoms with E-state index in [-0.39, 0.29) is 55.2 Å². The Morgan fingerprint density at radius 3 is 2.27 bits per heavy atom. The quantitative estimate of drug-likeness (QED) is 0.219. The van der Waals surface area contributed by atoms with Crippen molar-refractivity contribution >= 4 is 64.6 Å². The van der Waals surface area contributed by atoms with Gasteiger partial charge in [-0.2, -0.15) is 0 Å². The van der Waals surface area contributed by atoms with Crippen molar-refractivity contribution in [3.63, 3.8) is 0 Å². The summed E-state index contributed by atoms with van der Waals surface area (Å²) < 4.78 is 24.4. The summed E-state index contributed by atoms with van der Waals surface area (Å²) in [5, 5.41) is 19.5. The van der Waals surface area contributed by atoms with Crippen LogP contribution in [-0.4, -0.2) is 75.2 Å². The summed E-state index contributed by atoms with van der Waals surface area (Å²) in [5.41, 5.74) is 1.08. The second-order valence-corrected chi connectivity index (χ2v) is 13.5. The van der Waals surface area contributed by atoms with E-state index in [2.05, 4.69) is 0 Å². The van der Waals surface area contributed by atoms with Gasteiger partial charge in [-0.3, -0.25) is 28.9 Å². The van der Waals surface area contributed by atoms with Crippen molar-refractivity contribution in [3.8, 4) is 17.2 Å². The lowest BCUT2D eigenvalue weighted by molar-refractivity contribution is -0.142. The second-order valence-electron chi connectivity index (χ2n) is 12.3. The van der Waals surface area contributed by atoms with Gasteiger partial charge in [0.1, 0.15) is 5.82 Å². The average Bonchev–Trinajstić information content (AvgIpc) is 3.38. The molecule has 4 amide bonds. The van der Waals surface area contributed by atoms with Crippen LogP contribution in [0.5, 0.6) is 17.2 Å². The monoisotopic (exact) mass is 700 g/mol. The van der Waals surface area contributed by atoms with Gasteiger partial charge < -0.3 is 19.7 Å². The van der Waals surface area contributed by atoms with E-state index in [4.69, 9.17) is 37.8 Å². The summed E-state index contributed by atoms with van der Waals surface area (Å²) >= 11 is 14.6. The molecular weight excluding hydrogens is 670 g/mol. The SMILES string of the molecule is COc1cc(C=CC2C3=CCC4C(=O)N(CCCC(=O)O)C(=O)C4C3CC3(Cl)C(=O)N(c4ccc(F)cc4)C(=O)C23Cl)cc(OC)c1O. The molecule has 6 rings (SSSR count). The molecule has 0 spiro atoms. The molecule has 2 saturated heterocycles. The predicted molar refractivity (Wildman–Crippen MR) is 171 cm³/mol. The van der Waals surface area contributed by atoms with Crippen LogP contribution in [0.4, 0.5) is 10.1 Å². The number of carbonyl (C=O) groups is 5. The summed E-state index contributed by atoms with van der Waals surface area (Å²) in [6.45, 7) is -0.0753. The standard InChI is InChI=1S/C34H31Cl2FN2O9/c1-47-24-14-17(15-25(48-2)28(24)42)5-12-23-20-10-11-21-27(30(44)38(29(21)43)13-3-4-26(40)41)22(20)16-33(35)31(45)39(32(46)34(23,33)36)19-8-6-18(37)7-9-19/h5-10,12,14-15,21-23,27,42H,3-4,11,13,16H2,1-2H3,(H,40,41). The van der Waals surface area contributed by atoms with E-state index in [0.717, 1.165) is 21.9 Å². The van der Waals surface area contributed by atoms with Crippen LogP contribution < -0.4 is 14.4 Å². The number of hydrogen-bond acceptors (Lipinski definition) is 8. The van der Waals surface area contributed by atoms with Crippen LogP contribution in [0.3, 0.4) is 0 Å². The van der Waals surface area contributed by atoms with E-state index in [9.17, 15) is 33.5 Å². The molecule has 2 N–H and O–H groups in total. The van der Waals surface area contributed by atoms with E-state index >= 15 is 0 Å². The first-order chi connectivity index (χ1) is 22.8. The molecule has 2 aromatic rings. The van der Waals surface area contributed by atoms with Gasteiger partial charge in [-0.05, 0) is 67.1 Å². The maximum Gasteiger partial charge on any atom is 0.303 e. The number of nitrogens with zero attached hydrogens (tertiary/aromatic N) is 2. The number of phenolic OH excluding ortho intramolecular Hbond substituents is 1. The van der Waals surface area contributed by atoms with Crippen LogP contribution in [0.25, 0.3) is 6.08 Å². The normalized spacial score (nSPS) is 29.6. The van der Waals surface area contributed by atoms with Gasteiger partial charge in [-0.15, -0.1) is 23.2 Å². The van der Waals surface area contributed by atoms with Crippen LogP contribution in [0.15, 0.2) is 54.1 Å². The maximum atomic E-state index is 14.4. The van der Waals surface area contributed by atoms with Crippen LogP contribution >= 0.6 is 23.2 Å². The van der Waals surface area contributed by atoms with Crippen molar-refractivity contribution in [2.24, 2.45) is 23.7 Å². The molecule has 6 atom stereocenters. The number of benzene rings is 2. The van der Waals surface area contributed by atoms with Crippen molar-refractivity contribution in [2.75, 3.05) is 25.7 Å². The molecule has 14 heteroatoms. The van der Waals surface area contributed by atoms with Gasteiger partial charge >= 0.3 is 5.97 Å². The molecule has 252 valence electrons. The molecule has 6 unspecified atom stereocenters. The lowest BCUT2D eigenvalue weighted by Crippen LogP contribution is -2.60. The molecule has 2 heterocycles. The Morgan fingerprint density at radius 2 is 1.67 bits per heavy atom. The third-order valence-electron chi connectivity index (χ3n) is 9.80. The molecule has 0 aromatic heterocycles. The third kappa shape index (κ3) is 4.95. The number of ether oxygens (including phenoxy) is 2. The van der Waals surface area contributed by atoms with E-state index in [0.29, 0.717) is 11.1 Å². The van der Waals surface area contributed by atoms with Crippen LogP contribution in [0.2, 0.25) is 0 Å². The number of carbonyl (C=O) groups excluding carboxylic acids is 4. The second kappa shape index (κ2) is 12.2. The number of amides is 4. The van der Waals surface area contributed by atoms with Crippen LogP contribution in [-0.2, 0) is 24.0 Å². The highest BCUT2D eigenvalue weighted by atomic mass is 35.5. The van der Waals surface area contributed by atoms with E-state index in [1.165, 1.54) is 38.5 Å². The van der Waals surface area contributed by atoms with Crippen molar-refractivity contribution < 1.29 is 48.0 Å². The highest BCUT2D eigenvalue weighted by Gasteiger charge is 2.76. The Balaban J connectivity index is 1.46. The lowest BCUT2D eigenvalue weighted by Gasteiger charge is -2.49. The van der Waals surface area contributed by atoms with E-state index < -0.39 is 68.8 Å². The van der Waals surface area contributed by atoms with E-state index in [1.807, 2.05) is 0 Å². The molecule has 48 heavy (non-hydrogen) atoms. The number of hydrogen-bond donors (Lipinski definition) is 2. The zero-order chi connectivity index (χ0) is 34.7. The van der Waals surface area contributed by atoms with Gasteiger partial charge in [0.25, 0.3) is 11.8 Å². The molecule has 4 aliphatic rings. The Kier molecular flexibility index (Phi) is 8.53. The van der Waals surface area contributed by atoms with Crippen molar-refractivity contribution in [1.29, 1.82) is 0 Å². The summed E-state index contributed by atoms with van der Waals surface area (Å²) in [7, 11) is 2.73. The molecule has 1 saturated carbocycles. The number of carboxylic acids is 1. The van der Waals surface area contributed by atoms with Gasteiger partial charge in [-0.1, -0.05) is 23.8 Å². The number of fused-ring (bicyclic) bond motifs is 4. The van der Waals surface area contributed by atoms with Gasteiger partial charge in [0.2, 0.25) is 17.6 Å². The molecule has 2 aliphatic carbocycles. The van der Waals surface area contributed by atoms with E-state index in [1.54, 1.807) is 18.2 Å². The first-order valence-corrected chi connectivity index (χ1v) is 16.0. The number of alkyl halides is 2. The third-order valence-corrected chi connectivity index (χ3v) is 11.2. The molecule has 2 aromatic carbocycles. The number of imide groups is 2. The van der Waals surface area contributed by atoms with Crippen LogP contribution in [0.1, 0.15) is 31.2 Å². The number of carboxylic acid groups (broad SMARTS) is 1. The summed E-state index contributed by atoms with van der Waals surface area (Å²) in [4.78, 5) is 64.7. The summed E-state index contributed by atoms with van der Waals surface area (Å²) in [6, 6.07) is 7.76. The number of methoxy groups -OCH3 is 2. The molecule has 0 bridgehead atoms. The van der Waals surface area contributed by atoms with Crippen LogP contribution in [0, 0.1) is 29.5 Å². The van der Waals surface area contributed by atoms with Gasteiger partial charge in [-0.25, -0.2) is 9.29 Å². The highest BCUT2D eigenvalue weighted by molar-refractivity contribution is 6.58. The molecule has 0 radical (unpaired) electrons. The first kappa shape index (κ1) is 33.5. The number of aromatic hydroxyl groups is 1. The summed E-state index contributed by atoms with van der Waals surface area (Å²) in [5.74, 6) is -7.83. The molecular formula is C34H31Cl2FN2O9. The zero-order valence-electron chi connectivity index (χ0n) is 25.8. The molecule has 3 fully saturated rings. The average molecular weight is 702 g/mol. The van der Waals surface area contributed by atoms with Crippen molar-refractivity contribution in [2.45, 2.75) is 35.4 Å². The van der Waals surface area contributed by atoms with Gasteiger partial charge in [0, 0.05) is 18.9 Å². The lowest BCUT2D eigenvalue weighted by atomic mass is 9.57. The van der Waals surface area contributed by atoms with Crippen molar-refractivity contribution in [1.82, 2.24) is 4.90 Å². The first-order valence-electron chi connectivity index (χ1n) is 15.2. The van der Waals surface area contributed by atoms with Gasteiger partial charge in [0.15, 0.2) is 21.2 Å². The molecule has 2 aliphatic heterocycles. The minimum Gasteiger partial charge on any atom is -0.502 e. The number of rotatable bonds is 9. The number of likely N-dealkylation sites (tertiary alicyclic amines) is 1. The minimum absolute atomic E-state index is 0.0585. The fourth-order valence-electron chi connectivity index (χ4n) is 7.54. The molecule has 11 nitrogen and oxygen atoms in total. The number of allylic oxidation sites excluding steroid dienone is 3. The number of anilines is 1. The Morgan fingerprint density at radius 1 is 1.02 bits per heavy atom. The Bertz CT molecular complexity index is 1770. The minimum atomic E-state index is -2.11. The smallest absolute Gasteiger partial charge is 0.303 e. The maximum absolute atomic E-state index is 14.4. The number of halogens is 3. The Labute approximate surface area is 284 Å². The van der Waals surface area contributed by atoms with Gasteiger partial charge in [0.05, 0.1) is 31.7 Å². The predicted octanol–water partition coefficient (Wildman–Crippen LogP) is 4.52. The number of phenols is 1. The zero-order valence-corrected chi connectivity index (χ0v) is 27.3. The fraction of sp³-hybridized carbons (Fsp3) is 0.382. The fourth-order valence-corrected chi connectivity index (χ4v) is 8.43. The highest BCUT2D eigenvalue weighted by Crippen LogP contribution is 2.63. The largest absolute Gasteiger partial charge is 0.502 e. The summed E-state index contributed by atoms with van der Waals surface area (Å²) in [6.07, 6.45) is 4.71.